The summed E-state index contributed by atoms with van der Waals surface area (Å²) in [6.07, 6.45) is 0. The fourth-order valence-electron chi connectivity index (χ4n) is 1.88. The summed E-state index contributed by atoms with van der Waals surface area (Å²) in [4.78, 5) is 0. The molecule has 1 aromatic carbocycles. The second-order valence-corrected chi connectivity index (χ2v) is 8.54. The fraction of sp³-hybridized carbons (Fsp3) is 0.231. The molecular formula is C13H11Br3FNS. The SMILES string of the molecule is CCNC(c1ccc(F)cc1Br)c1cc(Br)sc1Br. The van der Waals surface area contributed by atoms with Gasteiger partial charge in [-0.05, 0) is 67.7 Å². The predicted molar refractivity (Wildman–Crippen MR) is 89.3 cm³/mol. The van der Waals surface area contributed by atoms with Gasteiger partial charge in [0.15, 0.2) is 0 Å². The van der Waals surface area contributed by atoms with Gasteiger partial charge in [0.25, 0.3) is 0 Å². The lowest BCUT2D eigenvalue weighted by molar-refractivity contribution is 0.611. The number of nitrogens with one attached hydrogen (secondary N) is 1. The average Bonchev–Trinajstić information content (AvgIpc) is 2.66. The van der Waals surface area contributed by atoms with Crippen LogP contribution in [0.15, 0.2) is 36.3 Å². The lowest BCUT2D eigenvalue weighted by Gasteiger charge is -2.19. The van der Waals surface area contributed by atoms with Gasteiger partial charge >= 0.3 is 0 Å². The fourth-order valence-corrected chi connectivity index (χ4v) is 5.36. The molecule has 0 aliphatic carbocycles. The molecule has 1 atom stereocenters. The first kappa shape index (κ1) is 15.6. The molecule has 0 aliphatic rings. The maximum absolute atomic E-state index is 13.2. The van der Waals surface area contributed by atoms with Gasteiger partial charge in [-0.2, -0.15) is 0 Å². The van der Waals surface area contributed by atoms with E-state index in [-0.39, 0.29) is 11.9 Å². The molecule has 0 radical (unpaired) electrons. The van der Waals surface area contributed by atoms with Crippen LogP contribution in [0, 0.1) is 5.82 Å². The van der Waals surface area contributed by atoms with Crippen molar-refractivity contribution in [2.45, 2.75) is 13.0 Å². The Kier molecular flexibility index (Phi) is 5.60. The molecule has 0 amide bonds. The highest BCUT2D eigenvalue weighted by atomic mass is 79.9. The van der Waals surface area contributed by atoms with Gasteiger partial charge < -0.3 is 5.32 Å². The Bertz CT molecular complexity index is 585. The van der Waals surface area contributed by atoms with Gasteiger partial charge in [-0.25, -0.2) is 4.39 Å². The van der Waals surface area contributed by atoms with Gasteiger partial charge in [0.1, 0.15) is 5.82 Å². The standard InChI is InChI=1S/C13H11Br3FNS/c1-2-18-12(9-6-11(15)19-13(9)16)8-4-3-7(17)5-10(8)14/h3-6,12,18H,2H2,1H3. The van der Waals surface area contributed by atoms with E-state index in [9.17, 15) is 4.39 Å². The predicted octanol–water partition coefficient (Wildman–Crippen LogP) is 5.87. The Morgan fingerprint density at radius 2 is 1.95 bits per heavy atom. The molecule has 2 rings (SSSR count). The number of thiophene rings is 1. The molecule has 1 heterocycles. The molecule has 0 aliphatic heterocycles. The topological polar surface area (TPSA) is 12.0 Å². The molecule has 0 spiro atoms. The molecule has 2 aromatic rings. The molecule has 0 fully saturated rings. The van der Waals surface area contributed by atoms with E-state index in [4.69, 9.17) is 0 Å². The van der Waals surface area contributed by atoms with Crippen LogP contribution >= 0.6 is 59.1 Å². The van der Waals surface area contributed by atoms with E-state index >= 15 is 0 Å². The van der Waals surface area contributed by atoms with Crippen LogP contribution in [0.4, 0.5) is 4.39 Å². The van der Waals surface area contributed by atoms with Crippen LogP contribution in [0.2, 0.25) is 0 Å². The first-order valence-electron chi connectivity index (χ1n) is 5.66. The molecule has 1 aromatic heterocycles. The summed E-state index contributed by atoms with van der Waals surface area (Å²) in [5, 5.41) is 3.43. The summed E-state index contributed by atoms with van der Waals surface area (Å²) in [5.41, 5.74) is 2.17. The Labute approximate surface area is 141 Å². The van der Waals surface area contributed by atoms with Gasteiger partial charge in [0, 0.05) is 4.47 Å². The number of halogens is 4. The van der Waals surface area contributed by atoms with Crippen LogP contribution in [0.3, 0.4) is 0 Å². The van der Waals surface area contributed by atoms with Crippen molar-refractivity contribution in [1.82, 2.24) is 5.32 Å². The van der Waals surface area contributed by atoms with Crippen molar-refractivity contribution >= 4 is 59.1 Å². The van der Waals surface area contributed by atoms with E-state index in [2.05, 4.69) is 66.1 Å². The lowest BCUT2D eigenvalue weighted by Crippen LogP contribution is -2.22. The van der Waals surface area contributed by atoms with E-state index in [1.54, 1.807) is 11.3 Å². The summed E-state index contributed by atoms with van der Waals surface area (Å²) in [7, 11) is 0. The molecular weight excluding hydrogens is 461 g/mol. The average molecular weight is 472 g/mol. The second kappa shape index (κ2) is 6.80. The number of rotatable bonds is 4. The first-order valence-corrected chi connectivity index (χ1v) is 8.85. The smallest absolute Gasteiger partial charge is 0.124 e. The zero-order chi connectivity index (χ0) is 14.0. The van der Waals surface area contributed by atoms with Gasteiger partial charge in [0.05, 0.1) is 13.6 Å². The van der Waals surface area contributed by atoms with Crippen LogP contribution < -0.4 is 5.32 Å². The van der Waals surface area contributed by atoms with E-state index in [0.29, 0.717) is 0 Å². The van der Waals surface area contributed by atoms with Crippen molar-refractivity contribution in [2.24, 2.45) is 0 Å². The number of hydrogen-bond donors (Lipinski definition) is 1. The van der Waals surface area contributed by atoms with Crippen molar-refractivity contribution in [3.05, 3.63) is 53.3 Å². The molecule has 0 bridgehead atoms. The van der Waals surface area contributed by atoms with Crippen LogP contribution in [-0.4, -0.2) is 6.54 Å². The zero-order valence-corrected chi connectivity index (χ0v) is 15.6. The third kappa shape index (κ3) is 3.67. The monoisotopic (exact) mass is 469 g/mol. The highest BCUT2D eigenvalue weighted by molar-refractivity contribution is 9.12. The first-order chi connectivity index (χ1) is 9.02. The van der Waals surface area contributed by atoms with E-state index in [1.165, 1.54) is 12.1 Å². The Balaban J connectivity index is 2.48. The second-order valence-electron chi connectivity index (χ2n) is 3.94. The van der Waals surface area contributed by atoms with Gasteiger partial charge in [-0.3, -0.25) is 0 Å². The molecule has 1 unspecified atom stereocenters. The van der Waals surface area contributed by atoms with Crippen LogP contribution in [0.25, 0.3) is 0 Å². The lowest BCUT2D eigenvalue weighted by atomic mass is 10.0. The Hall–Kier alpha value is 0.250. The minimum absolute atomic E-state index is 0.0249. The normalized spacial score (nSPS) is 12.7. The third-order valence-electron chi connectivity index (χ3n) is 2.68. The number of benzene rings is 1. The minimum atomic E-state index is -0.239. The summed E-state index contributed by atoms with van der Waals surface area (Å²) in [6.45, 7) is 2.88. The maximum atomic E-state index is 13.2. The summed E-state index contributed by atoms with van der Waals surface area (Å²) >= 11 is 12.2. The van der Waals surface area contributed by atoms with Crippen LogP contribution in [-0.2, 0) is 0 Å². The summed E-state index contributed by atoms with van der Waals surface area (Å²) in [5.74, 6) is -0.239. The molecule has 0 saturated carbocycles. The van der Waals surface area contributed by atoms with Crippen molar-refractivity contribution in [2.75, 3.05) is 6.54 Å². The molecule has 102 valence electrons. The zero-order valence-electron chi connectivity index (χ0n) is 10.0. The Morgan fingerprint density at radius 1 is 1.21 bits per heavy atom. The summed E-state index contributed by atoms with van der Waals surface area (Å²) in [6, 6.07) is 6.90. The van der Waals surface area contributed by atoms with Gasteiger partial charge in [0.2, 0.25) is 0 Å². The molecule has 1 nitrogen and oxygen atoms in total. The van der Waals surface area contributed by atoms with Gasteiger partial charge in [-0.15, -0.1) is 11.3 Å². The van der Waals surface area contributed by atoms with Crippen LogP contribution in [0.1, 0.15) is 24.1 Å². The maximum Gasteiger partial charge on any atom is 0.124 e. The van der Waals surface area contributed by atoms with E-state index in [0.717, 1.165) is 29.7 Å². The largest absolute Gasteiger partial charge is 0.306 e. The Morgan fingerprint density at radius 3 is 2.47 bits per heavy atom. The van der Waals surface area contributed by atoms with Crippen molar-refractivity contribution < 1.29 is 4.39 Å². The van der Waals surface area contributed by atoms with Crippen LogP contribution in [0.5, 0.6) is 0 Å². The molecule has 0 saturated heterocycles. The number of hydrogen-bond acceptors (Lipinski definition) is 2. The third-order valence-corrected chi connectivity index (χ3v) is 5.75. The molecule has 19 heavy (non-hydrogen) atoms. The van der Waals surface area contributed by atoms with Crippen molar-refractivity contribution in [1.29, 1.82) is 0 Å². The van der Waals surface area contributed by atoms with Gasteiger partial charge in [-0.1, -0.05) is 28.9 Å². The molecule has 1 N–H and O–H groups in total. The minimum Gasteiger partial charge on any atom is -0.306 e. The van der Waals surface area contributed by atoms with E-state index < -0.39 is 0 Å². The molecule has 6 heteroatoms. The van der Waals surface area contributed by atoms with Crippen molar-refractivity contribution in [3.8, 4) is 0 Å². The highest BCUT2D eigenvalue weighted by Crippen LogP contribution is 2.39. The highest BCUT2D eigenvalue weighted by Gasteiger charge is 2.20. The summed E-state index contributed by atoms with van der Waals surface area (Å²) < 4.78 is 16.1. The van der Waals surface area contributed by atoms with E-state index in [1.807, 2.05) is 6.07 Å². The van der Waals surface area contributed by atoms with Crippen molar-refractivity contribution in [3.63, 3.8) is 0 Å². The quantitative estimate of drug-likeness (QED) is 0.587.